The van der Waals surface area contributed by atoms with Gasteiger partial charge >= 0.3 is 5.97 Å². The third-order valence-corrected chi connectivity index (χ3v) is 2.16. The van der Waals surface area contributed by atoms with E-state index in [9.17, 15) is 9.90 Å². The van der Waals surface area contributed by atoms with Gasteiger partial charge in [0, 0.05) is 18.9 Å². The van der Waals surface area contributed by atoms with Crippen molar-refractivity contribution in [3.05, 3.63) is 18.0 Å². The first-order chi connectivity index (χ1) is 7.15. The van der Waals surface area contributed by atoms with E-state index in [1.165, 1.54) is 0 Å². The average Bonchev–Trinajstić information content (AvgIpc) is 2.61. The Morgan fingerprint density at radius 2 is 2.47 bits per heavy atom. The number of rotatable bonds is 5. The van der Waals surface area contributed by atoms with Gasteiger partial charge in [-0.3, -0.25) is 4.68 Å². The first-order valence-electron chi connectivity index (χ1n) is 4.96. The van der Waals surface area contributed by atoms with Gasteiger partial charge in [0.1, 0.15) is 0 Å². The van der Waals surface area contributed by atoms with Crippen molar-refractivity contribution >= 4 is 5.97 Å². The Labute approximate surface area is 88.7 Å². The smallest absolute Gasteiger partial charge is 0.334 e. The van der Waals surface area contributed by atoms with E-state index in [1.54, 1.807) is 17.8 Å². The van der Waals surface area contributed by atoms with Crippen LogP contribution in [0.4, 0.5) is 0 Å². The van der Waals surface area contributed by atoms with Crippen molar-refractivity contribution in [3.8, 4) is 0 Å². The third kappa shape index (κ3) is 3.36. The van der Waals surface area contributed by atoms with E-state index in [2.05, 4.69) is 5.10 Å². The van der Waals surface area contributed by atoms with Crippen LogP contribution >= 0.6 is 0 Å². The van der Waals surface area contributed by atoms with Crippen LogP contribution in [0.1, 0.15) is 19.0 Å². The number of aryl methyl sites for hydroxylation is 2. The average molecular weight is 212 g/mol. The van der Waals surface area contributed by atoms with Gasteiger partial charge < -0.3 is 9.84 Å². The van der Waals surface area contributed by atoms with Gasteiger partial charge in [-0.05, 0) is 25.8 Å². The van der Waals surface area contributed by atoms with Crippen LogP contribution in [0.5, 0.6) is 0 Å². The van der Waals surface area contributed by atoms with Gasteiger partial charge in [-0.15, -0.1) is 0 Å². The maximum absolute atomic E-state index is 11.1. The van der Waals surface area contributed by atoms with E-state index >= 15 is 0 Å². The van der Waals surface area contributed by atoms with E-state index < -0.39 is 12.1 Å². The number of aliphatic hydroxyl groups is 1. The number of hydrogen-bond acceptors (Lipinski definition) is 4. The quantitative estimate of drug-likeness (QED) is 0.712. The second-order valence-electron chi connectivity index (χ2n) is 3.25. The zero-order chi connectivity index (χ0) is 11.3. The molecule has 0 saturated heterocycles. The lowest BCUT2D eigenvalue weighted by molar-refractivity contribution is -0.153. The number of esters is 1. The molecule has 5 nitrogen and oxygen atoms in total. The second-order valence-corrected chi connectivity index (χ2v) is 3.25. The van der Waals surface area contributed by atoms with E-state index in [0.717, 1.165) is 5.69 Å². The minimum Gasteiger partial charge on any atom is -0.464 e. The summed E-state index contributed by atoms with van der Waals surface area (Å²) in [6.45, 7) is 2.01. The zero-order valence-corrected chi connectivity index (χ0v) is 9.01. The van der Waals surface area contributed by atoms with Crippen LogP contribution in [0.3, 0.4) is 0 Å². The molecule has 84 valence electrons. The number of ether oxygens (including phenoxy) is 1. The highest BCUT2D eigenvalue weighted by Crippen LogP contribution is 2.04. The third-order valence-electron chi connectivity index (χ3n) is 2.16. The second kappa shape index (κ2) is 5.50. The Balaban J connectivity index is 2.37. The van der Waals surface area contributed by atoms with E-state index in [0.29, 0.717) is 19.4 Å². The van der Waals surface area contributed by atoms with Crippen molar-refractivity contribution in [1.29, 1.82) is 0 Å². The predicted octanol–water partition coefficient (Wildman–Crippen LogP) is 0.277. The first kappa shape index (κ1) is 11.7. The molecule has 0 bridgehead atoms. The Kier molecular flexibility index (Phi) is 4.30. The summed E-state index contributed by atoms with van der Waals surface area (Å²) in [5.41, 5.74) is 0.985. The van der Waals surface area contributed by atoms with Crippen molar-refractivity contribution < 1.29 is 14.6 Å². The first-order valence-corrected chi connectivity index (χ1v) is 4.96. The summed E-state index contributed by atoms with van der Waals surface area (Å²) in [7, 11) is 1.83. The molecule has 1 N–H and O–H groups in total. The Bertz CT molecular complexity index is 322. The topological polar surface area (TPSA) is 64.3 Å². The molecule has 0 aliphatic heterocycles. The number of carbonyl (C=O) groups excluding carboxylic acids is 1. The molecule has 1 unspecified atom stereocenters. The molecule has 1 atom stereocenters. The zero-order valence-electron chi connectivity index (χ0n) is 9.01. The minimum atomic E-state index is -1.04. The maximum Gasteiger partial charge on any atom is 0.334 e. The summed E-state index contributed by atoms with van der Waals surface area (Å²) in [5.74, 6) is -0.556. The molecule has 1 aromatic rings. The number of aromatic nitrogens is 2. The van der Waals surface area contributed by atoms with Crippen LogP contribution in [0, 0.1) is 0 Å². The molecule has 0 aromatic carbocycles. The summed E-state index contributed by atoms with van der Waals surface area (Å²) >= 11 is 0. The molecule has 15 heavy (non-hydrogen) atoms. The Morgan fingerprint density at radius 1 is 1.73 bits per heavy atom. The fraction of sp³-hybridized carbons (Fsp3) is 0.600. The molecular formula is C10H16N2O3. The molecule has 0 fully saturated rings. The number of aliphatic hydroxyl groups excluding tert-OH is 1. The molecule has 0 spiro atoms. The number of hydrogen-bond donors (Lipinski definition) is 1. The van der Waals surface area contributed by atoms with Crippen LogP contribution in [-0.4, -0.2) is 33.6 Å². The van der Waals surface area contributed by atoms with Crippen molar-refractivity contribution in [1.82, 2.24) is 9.78 Å². The molecule has 0 saturated carbocycles. The van der Waals surface area contributed by atoms with Crippen LogP contribution in [0.25, 0.3) is 0 Å². The lowest BCUT2D eigenvalue weighted by Crippen LogP contribution is -2.23. The van der Waals surface area contributed by atoms with Gasteiger partial charge in [-0.2, -0.15) is 5.10 Å². The highest BCUT2D eigenvalue weighted by molar-refractivity contribution is 5.74. The summed E-state index contributed by atoms with van der Waals surface area (Å²) in [4.78, 5) is 11.1. The molecule has 0 amide bonds. The molecule has 5 heteroatoms. The van der Waals surface area contributed by atoms with Crippen molar-refractivity contribution in [3.63, 3.8) is 0 Å². The van der Waals surface area contributed by atoms with Crippen LogP contribution in [0.15, 0.2) is 12.3 Å². The summed E-state index contributed by atoms with van der Waals surface area (Å²) in [5, 5.41) is 13.4. The molecule has 0 radical (unpaired) electrons. The van der Waals surface area contributed by atoms with Crippen molar-refractivity contribution in [2.24, 2.45) is 7.05 Å². The molecule has 1 heterocycles. The van der Waals surface area contributed by atoms with Gasteiger partial charge in [0.25, 0.3) is 0 Å². The summed E-state index contributed by atoms with van der Waals surface area (Å²) in [6, 6.07) is 1.86. The van der Waals surface area contributed by atoms with Gasteiger partial charge in [0.15, 0.2) is 6.10 Å². The minimum absolute atomic E-state index is 0.293. The molecular weight excluding hydrogens is 196 g/mol. The van der Waals surface area contributed by atoms with Crippen molar-refractivity contribution in [2.75, 3.05) is 6.61 Å². The van der Waals surface area contributed by atoms with Crippen LogP contribution < -0.4 is 0 Å². The SMILES string of the molecule is CCOC(=O)C(O)CCc1ccnn1C. The monoisotopic (exact) mass is 212 g/mol. The van der Waals surface area contributed by atoms with Gasteiger partial charge in [0.2, 0.25) is 0 Å². The molecule has 0 aliphatic carbocycles. The molecule has 1 rings (SSSR count). The molecule has 1 aromatic heterocycles. The Morgan fingerprint density at radius 3 is 3.00 bits per heavy atom. The lowest BCUT2D eigenvalue weighted by atomic mass is 10.1. The predicted molar refractivity (Wildman–Crippen MR) is 54.2 cm³/mol. The lowest BCUT2D eigenvalue weighted by Gasteiger charge is -2.09. The fourth-order valence-electron chi connectivity index (χ4n) is 1.29. The van der Waals surface area contributed by atoms with E-state index in [4.69, 9.17) is 4.74 Å². The van der Waals surface area contributed by atoms with Crippen LogP contribution in [-0.2, 0) is 23.0 Å². The highest BCUT2D eigenvalue weighted by Gasteiger charge is 2.16. The maximum atomic E-state index is 11.1. The van der Waals surface area contributed by atoms with Gasteiger partial charge in [-0.1, -0.05) is 0 Å². The number of nitrogens with zero attached hydrogens (tertiary/aromatic N) is 2. The van der Waals surface area contributed by atoms with Gasteiger partial charge in [-0.25, -0.2) is 4.79 Å². The van der Waals surface area contributed by atoms with E-state index in [-0.39, 0.29) is 0 Å². The van der Waals surface area contributed by atoms with Crippen LogP contribution in [0.2, 0.25) is 0 Å². The van der Waals surface area contributed by atoms with E-state index in [1.807, 2.05) is 13.1 Å². The standard InChI is InChI=1S/C10H16N2O3/c1-3-15-10(14)9(13)5-4-8-6-7-11-12(8)2/h6-7,9,13H,3-5H2,1-2H3. The normalized spacial score (nSPS) is 12.5. The highest BCUT2D eigenvalue weighted by atomic mass is 16.5. The molecule has 0 aliphatic rings. The fourth-order valence-corrected chi connectivity index (χ4v) is 1.29. The number of carbonyl (C=O) groups is 1. The van der Waals surface area contributed by atoms with Gasteiger partial charge in [0.05, 0.1) is 6.61 Å². The summed E-state index contributed by atoms with van der Waals surface area (Å²) in [6.07, 6.45) is 1.61. The summed E-state index contributed by atoms with van der Waals surface area (Å²) < 4.78 is 6.41. The van der Waals surface area contributed by atoms with Crippen molar-refractivity contribution in [2.45, 2.75) is 25.9 Å². The largest absolute Gasteiger partial charge is 0.464 e. The Hall–Kier alpha value is -1.36.